The largest absolute Gasteiger partial charge is 0.341 e. The van der Waals surface area contributed by atoms with Gasteiger partial charge < -0.3 is 20.9 Å². The van der Waals surface area contributed by atoms with Gasteiger partial charge in [0.15, 0.2) is 21.0 Å². The maximum atomic E-state index is 13.7. The molecule has 12 heteroatoms. The number of hydrogen-bond donors (Lipinski definition) is 2. The minimum atomic E-state index is -4.10. The van der Waals surface area contributed by atoms with Gasteiger partial charge in [-0.15, -0.1) is 0 Å². The molecule has 4 rings (SSSR count). The molecule has 1 aromatic carbocycles. The summed E-state index contributed by atoms with van der Waals surface area (Å²) in [7, 11) is -2.62. The van der Waals surface area contributed by atoms with Crippen molar-refractivity contribution in [2.45, 2.75) is 50.5 Å². The molecule has 11 nitrogen and oxygen atoms in total. The second kappa shape index (κ2) is 10.0. The molecule has 1 fully saturated rings. The lowest BCUT2D eigenvalue weighted by Gasteiger charge is -2.31. The molecule has 3 aromatic rings. The third kappa shape index (κ3) is 4.88. The Balaban J connectivity index is 1.88. The van der Waals surface area contributed by atoms with E-state index in [0.29, 0.717) is 31.1 Å². The minimum absolute atomic E-state index is 0.0273. The van der Waals surface area contributed by atoms with Crippen LogP contribution in [0.25, 0.3) is 11.2 Å². The fraction of sp³-hybridized carbons (Fsp3) is 0.458. The van der Waals surface area contributed by atoms with Gasteiger partial charge in [-0.25, -0.2) is 17.8 Å². The first-order valence-corrected chi connectivity index (χ1v) is 13.6. The summed E-state index contributed by atoms with van der Waals surface area (Å²) in [5.41, 5.74) is 12.5. The number of fused-ring (bicyclic) bond motifs is 1. The average molecular weight is 516 g/mol. The van der Waals surface area contributed by atoms with Gasteiger partial charge in [0.1, 0.15) is 11.3 Å². The molecular formula is C24H33N7O4S. The van der Waals surface area contributed by atoms with Crippen molar-refractivity contribution >= 4 is 26.9 Å². The van der Waals surface area contributed by atoms with Gasteiger partial charge in [0.2, 0.25) is 5.95 Å². The van der Waals surface area contributed by atoms with Crippen molar-refractivity contribution in [2.24, 2.45) is 18.5 Å². The molecule has 2 atom stereocenters. The molecule has 194 valence electrons. The van der Waals surface area contributed by atoms with Crippen LogP contribution >= 0.6 is 0 Å². The number of piperidine rings is 1. The molecule has 1 saturated heterocycles. The summed E-state index contributed by atoms with van der Waals surface area (Å²) in [4.78, 5) is 33.6. The van der Waals surface area contributed by atoms with E-state index in [4.69, 9.17) is 11.5 Å². The van der Waals surface area contributed by atoms with Crippen LogP contribution in [0, 0.1) is 0 Å². The van der Waals surface area contributed by atoms with Crippen molar-refractivity contribution in [1.29, 1.82) is 0 Å². The van der Waals surface area contributed by atoms with E-state index in [9.17, 15) is 18.0 Å². The number of imidazole rings is 1. The van der Waals surface area contributed by atoms with Crippen LogP contribution in [0.1, 0.15) is 37.6 Å². The normalized spacial score (nSPS) is 17.4. The van der Waals surface area contributed by atoms with E-state index in [-0.39, 0.29) is 17.2 Å². The Hall–Kier alpha value is -3.22. The predicted molar refractivity (Wildman–Crippen MR) is 140 cm³/mol. The molecule has 0 aliphatic carbocycles. The van der Waals surface area contributed by atoms with Gasteiger partial charge >= 0.3 is 5.69 Å². The van der Waals surface area contributed by atoms with E-state index in [0.717, 1.165) is 23.0 Å². The molecule has 0 bridgehead atoms. The summed E-state index contributed by atoms with van der Waals surface area (Å²) in [6, 6.07) is 8.26. The number of rotatable bonds is 7. The predicted octanol–water partition coefficient (Wildman–Crippen LogP) is 0.820. The Bertz CT molecular complexity index is 1520. The van der Waals surface area contributed by atoms with Crippen LogP contribution < -0.4 is 27.6 Å². The van der Waals surface area contributed by atoms with Crippen LogP contribution in [0.4, 0.5) is 5.95 Å². The molecule has 0 spiro atoms. The third-order valence-corrected chi connectivity index (χ3v) is 8.12. The maximum Gasteiger partial charge on any atom is 0.333 e. The van der Waals surface area contributed by atoms with Gasteiger partial charge in [-0.3, -0.25) is 9.36 Å². The SMILES string of the molecule is CC(C)=CCn1c(N2CCCC(N)C2)nc2c1c(=O)n(CS(=O)(=O)C(N)c1ccccc1)c(=O)n2C. The zero-order chi connectivity index (χ0) is 26.2. The van der Waals surface area contributed by atoms with Gasteiger partial charge in [-0.05, 0) is 32.3 Å². The zero-order valence-electron chi connectivity index (χ0n) is 20.8. The van der Waals surface area contributed by atoms with Crippen LogP contribution in [-0.2, 0) is 29.3 Å². The fourth-order valence-electron chi connectivity index (χ4n) is 4.46. The highest BCUT2D eigenvalue weighted by atomic mass is 32.2. The lowest BCUT2D eigenvalue weighted by Crippen LogP contribution is -2.44. The Labute approximate surface area is 209 Å². The van der Waals surface area contributed by atoms with E-state index in [2.05, 4.69) is 4.98 Å². The fourth-order valence-corrected chi connectivity index (χ4v) is 5.78. The van der Waals surface area contributed by atoms with Crippen LogP contribution in [0.3, 0.4) is 0 Å². The molecule has 2 unspecified atom stereocenters. The molecule has 1 aliphatic heterocycles. The third-order valence-electron chi connectivity index (χ3n) is 6.46. The summed E-state index contributed by atoms with van der Waals surface area (Å²) in [6.07, 6.45) is 3.73. The molecule has 0 radical (unpaired) electrons. The molecule has 0 amide bonds. The number of aryl methyl sites for hydroxylation is 1. The highest BCUT2D eigenvalue weighted by Gasteiger charge is 2.29. The smallest absolute Gasteiger partial charge is 0.333 e. The number of sulfone groups is 1. The van der Waals surface area contributed by atoms with Crippen molar-refractivity contribution in [3.05, 3.63) is 68.4 Å². The Morgan fingerprint density at radius 1 is 1.19 bits per heavy atom. The number of anilines is 1. The molecule has 36 heavy (non-hydrogen) atoms. The van der Waals surface area contributed by atoms with Crippen molar-refractivity contribution in [2.75, 3.05) is 18.0 Å². The first kappa shape index (κ1) is 25.9. The van der Waals surface area contributed by atoms with Gasteiger partial charge in [0, 0.05) is 32.7 Å². The standard InChI is InChI=1S/C24H33N7O4S/c1-16(2)11-13-30-19-21(27-23(30)29-12-7-10-18(25)14-29)28(3)24(33)31(22(19)32)15-36(34,35)20(26)17-8-5-4-6-9-17/h4-6,8-9,11,18,20H,7,10,12-15,25-26H2,1-3H3. The van der Waals surface area contributed by atoms with Gasteiger partial charge in [0.05, 0.1) is 0 Å². The first-order chi connectivity index (χ1) is 17.0. The molecular weight excluding hydrogens is 482 g/mol. The number of hydrogen-bond acceptors (Lipinski definition) is 8. The van der Waals surface area contributed by atoms with Gasteiger partial charge in [-0.2, -0.15) is 4.98 Å². The Morgan fingerprint density at radius 2 is 1.89 bits per heavy atom. The number of nitrogens with zero attached hydrogens (tertiary/aromatic N) is 5. The van der Waals surface area contributed by atoms with E-state index in [1.165, 1.54) is 11.6 Å². The number of aromatic nitrogens is 4. The van der Waals surface area contributed by atoms with Crippen molar-refractivity contribution in [3.8, 4) is 0 Å². The van der Waals surface area contributed by atoms with Crippen LogP contribution in [0.15, 0.2) is 51.6 Å². The van der Waals surface area contributed by atoms with Crippen LogP contribution in [0.2, 0.25) is 0 Å². The molecule has 4 N–H and O–H groups in total. The Morgan fingerprint density at radius 3 is 2.53 bits per heavy atom. The van der Waals surface area contributed by atoms with Gasteiger partial charge in [0.25, 0.3) is 5.56 Å². The lowest BCUT2D eigenvalue weighted by atomic mass is 10.1. The van der Waals surface area contributed by atoms with E-state index >= 15 is 0 Å². The second-order valence-corrected chi connectivity index (χ2v) is 11.6. The number of allylic oxidation sites excluding steroid dienone is 2. The van der Waals surface area contributed by atoms with Crippen molar-refractivity contribution in [3.63, 3.8) is 0 Å². The monoisotopic (exact) mass is 515 g/mol. The van der Waals surface area contributed by atoms with E-state index in [1.807, 2.05) is 24.8 Å². The highest BCUT2D eigenvalue weighted by Crippen LogP contribution is 2.24. The second-order valence-electron chi connectivity index (χ2n) is 9.52. The Kier molecular flexibility index (Phi) is 7.21. The van der Waals surface area contributed by atoms with Crippen LogP contribution in [0.5, 0.6) is 0 Å². The molecule has 0 saturated carbocycles. The molecule has 1 aliphatic rings. The summed E-state index contributed by atoms with van der Waals surface area (Å²) in [6.45, 7) is 5.51. The van der Waals surface area contributed by atoms with E-state index in [1.54, 1.807) is 34.9 Å². The lowest BCUT2D eigenvalue weighted by molar-refractivity contribution is 0.495. The highest BCUT2D eigenvalue weighted by molar-refractivity contribution is 7.90. The summed E-state index contributed by atoms with van der Waals surface area (Å²) in [5, 5.41) is -1.38. The van der Waals surface area contributed by atoms with Crippen molar-refractivity contribution in [1.82, 2.24) is 18.7 Å². The molecule has 3 heterocycles. The number of benzene rings is 1. The van der Waals surface area contributed by atoms with Gasteiger partial charge in [-0.1, -0.05) is 42.0 Å². The van der Waals surface area contributed by atoms with E-state index < -0.39 is 32.3 Å². The number of nitrogens with two attached hydrogens (primary N) is 2. The quantitative estimate of drug-likeness (QED) is 0.439. The average Bonchev–Trinajstić information content (AvgIpc) is 3.24. The topological polar surface area (TPSA) is 151 Å². The first-order valence-electron chi connectivity index (χ1n) is 11.9. The van der Waals surface area contributed by atoms with Crippen molar-refractivity contribution < 1.29 is 8.42 Å². The van der Waals surface area contributed by atoms with Crippen LogP contribution in [-0.4, -0.2) is 46.2 Å². The zero-order valence-corrected chi connectivity index (χ0v) is 21.6. The summed E-state index contributed by atoms with van der Waals surface area (Å²) >= 11 is 0. The molecule has 2 aromatic heterocycles. The summed E-state index contributed by atoms with van der Waals surface area (Å²) < 4.78 is 30.0. The summed E-state index contributed by atoms with van der Waals surface area (Å²) in [5.74, 6) is -0.311. The maximum absolute atomic E-state index is 13.7. The minimum Gasteiger partial charge on any atom is -0.341 e.